The maximum atomic E-state index is 13.5. The number of rotatable bonds is 31. The molecule has 0 saturated carbocycles. The zero-order valence-corrected chi connectivity index (χ0v) is 55.6. The van der Waals surface area contributed by atoms with Crippen molar-refractivity contribution in [1.82, 2.24) is 29.9 Å². The van der Waals surface area contributed by atoms with Crippen molar-refractivity contribution in [2.24, 2.45) is 0 Å². The summed E-state index contributed by atoms with van der Waals surface area (Å²) in [5.74, 6) is 2.56. The second-order valence-corrected chi connectivity index (χ2v) is 21.5. The van der Waals surface area contributed by atoms with Crippen LogP contribution in [0.5, 0.6) is 17.2 Å². The van der Waals surface area contributed by atoms with Gasteiger partial charge in [-0.15, -0.1) is 6.42 Å². The Hall–Kier alpha value is -10.1. The number of anilines is 6. The lowest BCUT2D eigenvalue weighted by atomic mass is 10.0. The molecule has 3 aromatic heterocycles. The summed E-state index contributed by atoms with van der Waals surface area (Å²) in [6.07, 6.45) is 17.7. The molecule has 9 aromatic rings. The predicted molar refractivity (Wildman–Crippen MR) is 369 cm³/mol. The molecule has 504 valence electrons. The zero-order valence-electron chi connectivity index (χ0n) is 53.4. The van der Waals surface area contributed by atoms with Crippen LogP contribution in [0.15, 0.2) is 146 Å². The van der Waals surface area contributed by atoms with Gasteiger partial charge in [-0.05, 0) is 125 Å². The molecule has 0 bridgehead atoms. The van der Waals surface area contributed by atoms with E-state index in [0.717, 1.165) is 12.2 Å². The van der Waals surface area contributed by atoms with Gasteiger partial charge in [0.25, 0.3) is 0 Å². The Morgan fingerprint density at radius 1 is 0.474 bits per heavy atom. The summed E-state index contributed by atoms with van der Waals surface area (Å²) in [4.78, 5) is 74.2. The second-order valence-electron chi connectivity index (χ2n) is 20.3. The van der Waals surface area contributed by atoms with Gasteiger partial charge in [-0.25, -0.2) is 47.9 Å². The molecule has 0 radical (unpaired) electrons. The molecule has 26 heteroatoms. The number of hydrogen-bond donors (Lipinski definition) is 3. The molecule has 0 spiro atoms. The van der Waals surface area contributed by atoms with Crippen molar-refractivity contribution in [3.05, 3.63) is 196 Å². The van der Waals surface area contributed by atoms with Crippen LogP contribution in [0.4, 0.5) is 47.7 Å². The minimum atomic E-state index is -0.627. The van der Waals surface area contributed by atoms with Crippen LogP contribution < -0.4 is 30.2 Å². The summed E-state index contributed by atoms with van der Waals surface area (Å²) in [5, 5.41) is 11.3. The van der Waals surface area contributed by atoms with Gasteiger partial charge in [0.15, 0.2) is 17.3 Å². The smallest absolute Gasteiger partial charge is 0.330 e. The van der Waals surface area contributed by atoms with Gasteiger partial charge >= 0.3 is 5.97 Å². The van der Waals surface area contributed by atoms with Crippen molar-refractivity contribution in [1.29, 1.82) is 0 Å². The number of halogens is 6. The molecule has 0 saturated heterocycles. The fraction of sp³-hybridized carbons (Fsp3) is 0.239. The molecule has 0 amide bonds. The molecule has 20 nitrogen and oxygen atoms in total. The molecule has 0 aliphatic carbocycles. The summed E-state index contributed by atoms with van der Waals surface area (Å²) < 4.78 is 78.6. The first-order valence-electron chi connectivity index (χ1n) is 30.1. The first-order valence-corrected chi connectivity index (χ1v) is 31.3. The summed E-state index contributed by atoms with van der Waals surface area (Å²) >= 11 is 17.6. The number of nitrogens with one attached hydrogen (secondary N) is 3. The van der Waals surface area contributed by atoms with E-state index in [1.165, 1.54) is 86.8 Å². The Balaban J connectivity index is 0.000000205. The maximum Gasteiger partial charge on any atom is 0.330 e. The molecule has 6 aromatic carbocycles. The maximum absolute atomic E-state index is 13.5. The van der Waals surface area contributed by atoms with Gasteiger partial charge in [-0.2, -0.15) is 0 Å². The number of esters is 1. The number of aromatic nitrogens is 6. The fourth-order valence-electron chi connectivity index (χ4n) is 8.99. The lowest BCUT2D eigenvalue weighted by Gasteiger charge is -2.14. The molecular weight excluding hydrogens is 1320 g/mol. The van der Waals surface area contributed by atoms with Crippen LogP contribution in [-0.4, -0.2) is 120 Å². The average molecular weight is 1390 g/mol. The molecule has 3 heterocycles. The Morgan fingerprint density at radius 3 is 1.12 bits per heavy atom. The highest BCUT2D eigenvalue weighted by Crippen LogP contribution is 2.35. The molecule has 3 N–H and O–H groups in total. The number of ketones is 3. The third-order valence-electron chi connectivity index (χ3n) is 13.5. The monoisotopic (exact) mass is 1380 g/mol. The van der Waals surface area contributed by atoms with Gasteiger partial charge < -0.3 is 49.1 Å². The minimum absolute atomic E-state index is 0.00554. The Kier molecular flexibility index (Phi) is 29.5. The van der Waals surface area contributed by atoms with Crippen molar-refractivity contribution >= 4 is 125 Å². The van der Waals surface area contributed by atoms with Crippen molar-refractivity contribution < 1.29 is 65.5 Å². The molecule has 0 atom stereocenters. The Labute approximate surface area is 572 Å². The van der Waals surface area contributed by atoms with Crippen LogP contribution in [0.2, 0.25) is 15.1 Å². The van der Waals surface area contributed by atoms with Crippen molar-refractivity contribution in [2.75, 3.05) is 82.5 Å². The normalized spacial score (nSPS) is 11.1. The minimum Gasteiger partial charge on any atom is -0.491 e. The summed E-state index contributed by atoms with van der Waals surface area (Å²) in [5.41, 5.74) is 5.41. The van der Waals surface area contributed by atoms with Crippen LogP contribution in [0.25, 0.3) is 32.7 Å². The number of nitrogens with zero attached hydrogens (tertiary/aromatic N) is 6. The van der Waals surface area contributed by atoms with Gasteiger partial charge in [-0.1, -0.05) is 46.8 Å². The van der Waals surface area contributed by atoms with Gasteiger partial charge in [0.05, 0.1) is 58.5 Å². The number of methoxy groups -OCH3 is 1. The Bertz CT molecular complexity index is 4390. The molecular formula is C71H67Cl3F3N9O11. The number of benzene rings is 6. The van der Waals surface area contributed by atoms with Crippen LogP contribution in [0, 0.1) is 29.8 Å². The van der Waals surface area contributed by atoms with E-state index in [4.69, 9.17) is 69.6 Å². The number of hydrogen-bond acceptors (Lipinski definition) is 20. The van der Waals surface area contributed by atoms with E-state index >= 15 is 0 Å². The van der Waals surface area contributed by atoms with Gasteiger partial charge in [0, 0.05) is 113 Å². The lowest BCUT2D eigenvalue weighted by molar-refractivity contribution is -0.135. The summed E-state index contributed by atoms with van der Waals surface area (Å²) in [6.45, 7) is 11.4. The zero-order chi connectivity index (χ0) is 69.6. The number of carbonyl (C=O) groups is 4. The van der Waals surface area contributed by atoms with E-state index in [2.05, 4.69) is 56.5 Å². The third kappa shape index (κ3) is 22.8. The lowest BCUT2D eigenvalue weighted by Crippen LogP contribution is -2.10. The van der Waals surface area contributed by atoms with Crippen LogP contribution in [-0.2, 0) is 57.4 Å². The van der Waals surface area contributed by atoms with Crippen LogP contribution >= 0.6 is 34.8 Å². The van der Waals surface area contributed by atoms with Gasteiger partial charge in [0.1, 0.15) is 91.0 Å². The van der Waals surface area contributed by atoms with Crippen molar-refractivity contribution in [3.63, 3.8) is 0 Å². The highest BCUT2D eigenvalue weighted by atomic mass is 35.5. The van der Waals surface area contributed by atoms with E-state index < -0.39 is 23.4 Å². The summed E-state index contributed by atoms with van der Waals surface area (Å²) in [7, 11) is 1.23. The second kappa shape index (κ2) is 38.5. The van der Waals surface area contributed by atoms with Crippen molar-refractivity contribution in [3.8, 4) is 29.6 Å². The summed E-state index contributed by atoms with van der Waals surface area (Å²) in [6, 6.07) is 23.4. The quantitative estimate of drug-likeness (QED) is 0.0158. The predicted octanol–water partition coefficient (Wildman–Crippen LogP) is 14.6. The third-order valence-corrected chi connectivity index (χ3v) is 14.4. The van der Waals surface area contributed by atoms with Crippen LogP contribution in [0.3, 0.4) is 0 Å². The average Bonchev–Trinajstić information content (AvgIpc) is 0.819. The van der Waals surface area contributed by atoms with E-state index in [9.17, 15) is 32.3 Å². The topological polar surface area (TPSA) is 246 Å². The number of ether oxygens (including phenoxy) is 7. The number of fused-ring (bicyclic) bond motifs is 3. The van der Waals surface area contributed by atoms with E-state index in [1.54, 1.807) is 55.5 Å². The molecule has 0 aliphatic heterocycles. The highest BCUT2D eigenvalue weighted by Gasteiger charge is 2.19. The number of terminal acetylenes is 1. The molecule has 9 rings (SSSR count). The van der Waals surface area contributed by atoms with Gasteiger partial charge in [0.2, 0.25) is 0 Å². The van der Waals surface area contributed by atoms with Gasteiger partial charge in [-0.3, -0.25) is 14.4 Å². The van der Waals surface area contributed by atoms with E-state index in [-0.39, 0.29) is 58.3 Å². The molecule has 0 aliphatic rings. The van der Waals surface area contributed by atoms with Crippen molar-refractivity contribution in [2.45, 2.75) is 47.0 Å². The standard InChI is InChI=1S/C24H23ClFN3O5.C24H21ClFN3O3.C23H23ClFN3O3/c1-3-33-8-9-34-22-13-21-18(11-15(22)10-17(30)5-7-23(31)32-2)24(28-14-27-21)29-16-4-6-20(26)19(25)12-16;1-3-5-6-18(30)11-16-12-19-22(14-23(16)32-10-9-31-4-2)27-15-28-24(19)29-17-7-8-21(26)20(25)13-17;1-3-5-17(29)10-15-11-18-21(13-22(15)31-9-8-30-4-2)26-14-27-23(18)28-16-6-7-20(25)19(24)12-16/h4-7,11-14H,3,8-10H2,1-2H3,(H,27,28,29);1,5-8,12-15H,4,9-11H2,2H3,(H,27,28,29);3,5-7,11-14H,4,8-10H2,1-2H3,(H,26,27,28)/b7-5+;6-5-;5-3+. The fourth-order valence-corrected chi connectivity index (χ4v) is 9.54. The SMILES string of the molecule is C#C/C=C\C(=O)Cc1cc2c(Nc3ccc(F)c(Cl)c3)ncnc2cc1OCCOCC.C/C=C/C(=O)Cc1cc2c(Nc3ccc(F)c(Cl)c3)ncnc2cc1OCCOCC.CCOCCOc1cc2ncnc(Nc3ccc(F)c(Cl)c3)c2cc1CC(=O)/C=C/C(=O)OC. The number of carbonyl (C=O) groups excluding carboxylic acids is 4. The van der Waals surface area contributed by atoms with E-state index in [0.29, 0.717) is 154 Å². The first kappa shape index (κ1) is 74.3. The largest absolute Gasteiger partial charge is 0.491 e. The molecule has 0 unspecified atom stereocenters. The van der Waals surface area contributed by atoms with E-state index in [1.807, 2.05) is 26.8 Å². The molecule has 0 fully saturated rings. The first-order chi connectivity index (χ1) is 46.9. The highest BCUT2D eigenvalue weighted by molar-refractivity contribution is 6.31. The molecule has 97 heavy (non-hydrogen) atoms. The Morgan fingerprint density at radius 2 is 0.814 bits per heavy atom. The van der Waals surface area contributed by atoms with Crippen LogP contribution in [0.1, 0.15) is 44.4 Å². The number of allylic oxidation sites excluding steroid dienone is 5.